The van der Waals surface area contributed by atoms with Crippen molar-refractivity contribution in [3.05, 3.63) is 35.4 Å². The number of hydrogen-bond acceptors (Lipinski definition) is 8. The molecule has 1 aromatic rings. The Morgan fingerprint density at radius 3 is 2.90 bits per heavy atom. The Morgan fingerprint density at radius 2 is 2.24 bits per heavy atom. The summed E-state index contributed by atoms with van der Waals surface area (Å²) in [4.78, 5) is 53.3. The second-order valence-electron chi connectivity index (χ2n) is 6.07. The van der Waals surface area contributed by atoms with Crippen LogP contribution < -0.4 is 10.6 Å². The number of carbonyl (C=O) groups excluding carboxylic acids is 3. The van der Waals surface area contributed by atoms with Gasteiger partial charge < -0.3 is 25.0 Å². The maximum Gasteiger partial charge on any atom is 0.353 e. The number of aliphatic carboxylic acids is 1. The van der Waals surface area contributed by atoms with Gasteiger partial charge in [0.2, 0.25) is 5.91 Å². The fourth-order valence-corrected chi connectivity index (χ4v) is 4.10. The van der Waals surface area contributed by atoms with Crippen LogP contribution in [0.25, 0.3) is 0 Å². The molecule has 0 spiro atoms. The number of furan rings is 1. The molecule has 2 aliphatic heterocycles. The molecule has 3 rings (SSSR count). The summed E-state index contributed by atoms with van der Waals surface area (Å²) in [7, 11) is 1.44. The van der Waals surface area contributed by atoms with Crippen molar-refractivity contribution in [3.8, 4) is 0 Å². The lowest BCUT2D eigenvalue weighted by molar-refractivity contribution is -0.150. The molecule has 0 unspecified atom stereocenters. The van der Waals surface area contributed by atoms with Crippen molar-refractivity contribution in [1.29, 1.82) is 0 Å². The minimum absolute atomic E-state index is 0.0175. The molecule has 2 aliphatic rings. The summed E-state index contributed by atoms with van der Waals surface area (Å²) in [6.45, 7) is -0.315. The zero-order valence-corrected chi connectivity index (χ0v) is 16.1. The van der Waals surface area contributed by atoms with Crippen LogP contribution >= 0.6 is 11.8 Å². The number of carbonyl (C=O) groups is 4. The van der Waals surface area contributed by atoms with E-state index in [0.29, 0.717) is 5.76 Å². The number of oxime groups is 1. The molecule has 1 aromatic heterocycles. The summed E-state index contributed by atoms with van der Waals surface area (Å²) in [5.74, 6) is -1.90. The van der Waals surface area contributed by atoms with Gasteiger partial charge in [0.05, 0.1) is 18.9 Å². The molecule has 11 nitrogen and oxygen atoms in total. The predicted octanol–water partition coefficient (Wildman–Crippen LogP) is -0.691. The first-order valence-corrected chi connectivity index (χ1v) is 9.56. The standard InChI is InChI=1S/C17H18N4O7S/c1-18-12(23)7-28-19-6-9-8-29-16-13(15(24)21(16)14(9)17(25)26)20-11(22)5-10-3-2-4-27-10/h2-4,6,13,16H,5,7-8H2,1H3,(H,18,23)(H,20,22)(H,25,26)/b19-6+/t13-,16-/m1/s1. The Hall–Kier alpha value is -3.28. The van der Waals surface area contributed by atoms with Gasteiger partial charge in [0.1, 0.15) is 22.9 Å². The van der Waals surface area contributed by atoms with E-state index in [4.69, 9.17) is 9.25 Å². The van der Waals surface area contributed by atoms with Crippen molar-refractivity contribution in [1.82, 2.24) is 15.5 Å². The van der Waals surface area contributed by atoms with Crippen molar-refractivity contribution in [2.45, 2.75) is 17.8 Å². The minimum atomic E-state index is -1.29. The number of nitrogens with zero attached hydrogens (tertiary/aromatic N) is 2. The molecular weight excluding hydrogens is 404 g/mol. The first-order valence-electron chi connectivity index (χ1n) is 8.51. The van der Waals surface area contributed by atoms with Gasteiger partial charge >= 0.3 is 5.97 Å². The van der Waals surface area contributed by atoms with Crippen LogP contribution in [-0.2, 0) is 30.4 Å². The third-order valence-electron chi connectivity index (χ3n) is 4.19. The number of fused-ring (bicyclic) bond motifs is 1. The maximum absolute atomic E-state index is 12.5. The first-order chi connectivity index (χ1) is 13.9. The summed E-state index contributed by atoms with van der Waals surface area (Å²) in [5, 5.41) is 17.6. The second-order valence-corrected chi connectivity index (χ2v) is 7.18. The molecule has 1 fully saturated rings. The number of rotatable bonds is 8. The van der Waals surface area contributed by atoms with E-state index in [-0.39, 0.29) is 30.1 Å². The molecule has 0 aliphatic carbocycles. The summed E-state index contributed by atoms with van der Waals surface area (Å²) in [5.41, 5.74) is 0.0481. The van der Waals surface area contributed by atoms with E-state index < -0.39 is 35.1 Å². The normalized spacial score (nSPS) is 20.9. The van der Waals surface area contributed by atoms with Gasteiger partial charge in [-0.3, -0.25) is 19.3 Å². The molecule has 154 valence electrons. The van der Waals surface area contributed by atoms with Crippen LogP contribution in [0.3, 0.4) is 0 Å². The van der Waals surface area contributed by atoms with Gasteiger partial charge in [0, 0.05) is 18.4 Å². The van der Waals surface area contributed by atoms with Crippen LogP contribution in [0.2, 0.25) is 0 Å². The van der Waals surface area contributed by atoms with E-state index in [0.717, 1.165) is 4.90 Å². The molecule has 0 radical (unpaired) electrons. The topological polar surface area (TPSA) is 151 Å². The van der Waals surface area contributed by atoms with Crippen LogP contribution in [0.5, 0.6) is 0 Å². The van der Waals surface area contributed by atoms with Crippen LogP contribution in [0, 0.1) is 0 Å². The largest absolute Gasteiger partial charge is 0.477 e. The Labute approximate surface area is 169 Å². The summed E-state index contributed by atoms with van der Waals surface area (Å²) in [6.07, 6.45) is 2.60. The number of carboxylic acids is 1. The van der Waals surface area contributed by atoms with Crippen molar-refractivity contribution in [3.63, 3.8) is 0 Å². The highest BCUT2D eigenvalue weighted by molar-refractivity contribution is 8.00. The monoisotopic (exact) mass is 422 g/mol. The average molecular weight is 422 g/mol. The molecule has 3 N–H and O–H groups in total. The molecule has 0 aromatic carbocycles. The molecule has 3 amide bonds. The number of nitrogens with one attached hydrogen (secondary N) is 2. The summed E-state index contributed by atoms with van der Waals surface area (Å²) >= 11 is 1.29. The fourth-order valence-electron chi connectivity index (χ4n) is 2.81. The molecule has 12 heteroatoms. The summed E-state index contributed by atoms with van der Waals surface area (Å²) < 4.78 is 5.10. The molecule has 3 heterocycles. The molecule has 0 bridgehead atoms. The van der Waals surface area contributed by atoms with Crippen molar-refractivity contribution in [2.75, 3.05) is 19.4 Å². The molecule has 29 heavy (non-hydrogen) atoms. The quantitative estimate of drug-likeness (QED) is 0.283. The van der Waals surface area contributed by atoms with E-state index >= 15 is 0 Å². The van der Waals surface area contributed by atoms with Gasteiger partial charge in [0.15, 0.2) is 6.61 Å². The van der Waals surface area contributed by atoms with E-state index in [9.17, 15) is 24.3 Å². The Morgan fingerprint density at radius 1 is 1.45 bits per heavy atom. The summed E-state index contributed by atoms with van der Waals surface area (Å²) in [6, 6.07) is 2.48. The van der Waals surface area contributed by atoms with Gasteiger partial charge in [-0.1, -0.05) is 5.16 Å². The van der Waals surface area contributed by atoms with Crippen LogP contribution in [0.15, 0.2) is 39.2 Å². The number of amides is 3. The van der Waals surface area contributed by atoms with Gasteiger partial charge in [-0.25, -0.2) is 4.79 Å². The van der Waals surface area contributed by atoms with Crippen LogP contribution in [0.1, 0.15) is 5.76 Å². The molecule has 1 saturated heterocycles. The molecule has 0 saturated carbocycles. The number of β-lactam (4-membered cyclic amide) rings is 1. The smallest absolute Gasteiger partial charge is 0.353 e. The van der Waals surface area contributed by atoms with Crippen LogP contribution in [-0.4, -0.2) is 70.7 Å². The number of thioether (sulfide) groups is 1. The SMILES string of the molecule is CNC(=O)CO/N=C/C1=C(C(=O)O)N2C(=O)[C@@H](NC(=O)Cc3ccco3)[C@H]2SC1. The fraction of sp³-hybridized carbons (Fsp3) is 0.353. The van der Waals surface area contributed by atoms with Crippen molar-refractivity contribution >= 4 is 41.7 Å². The third-order valence-corrected chi connectivity index (χ3v) is 5.49. The lowest BCUT2D eigenvalue weighted by atomic mass is 10.0. The lowest BCUT2D eigenvalue weighted by Gasteiger charge is -2.49. The third kappa shape index (κ3) is 4.42. The Bertz CT molecular complexity index is 880. The van der Waals surface area contributed by atoms with Gasteiger partial charge in [-0.2, -0.15) is 0 Å². The Balaban J connectivity index is 1.66. The van der Waals surface area contributed by atoms with Gasteiger partial charge in [-0.15, -0.1) is 11.8 Å². The molecule has 2 atom stereocenters. The van der Waals surface area contributed by atoms with Gasteiger partial charge in [-0.05, 0) is 12.1 Å². The van der Waals surface area contributed by atoms with E-state index in [1.54, 1.807) is 12.1 Å². The second kappa shape index (κ2) is 8.82. The number of hydrogen-bond donors (Lipinski definition) is 3. The Kier molecular flexibility index (Phi) is 6.22. The minimum Gasteiger partial charge on any atom is -0.477 e. The van der Waals surface area contributed by atoms with E-state index in [1.807, 2.05) is 0 Å². The van der Waals surface area contributed by atoms with Crippen molar-refractivity contribution < 1.29 is 33.5 Å². The maximum atomic E-state index is 12.5. The highest BCUT2D eigenvalue weighted by atomic mass is 32.2. The highest BCUT2D eigenvalue weighted by Gasteiger charge is 2.54. The lowest BCUT2D eigenvalue weighted by Crippen LogP contribution is -2.70. The van der Waals surface area contributed by atoms with Crippen LogP contribution in [0.4, 0.5) is 0 Å². The first kappa shape index (κ1) is 20.5. The highest BCUT2D eigenvalue weighted by Crippen LogP contribution is 2.39. The predicted molar refractivity (Wildman–Crippen MR) is 101 cm³/mol. The zero-order valence-electron chi connectivity index (χ0n) is 15.3. The van der Waals surface area contributed by atoms with E-state index in [2.05, 4.69) is 15.8 Å². The number of likely N-dealkylation sites (N-methyl/N-ethyl adjacent to an activating group) is 1. The zero-order chi connectivity index (χ0) is 21.0. The number of carboxylic acid groups (broad SMARTS) is 1. The molecular formula is C17H18N4O7S. The van der Waals surface area contributed by atoms with Crippen molar-refractivity contribution in [2.24, 2.45) is 5.16 Å². The van der Waals surface area contributed by atoms with E-state index in [1.165, 1.54) is 31.3 Å². The van der Waals surface area contributed by atoms with Gasteiger partial charge in [0.25, 0.3) is 11.8 Å². The average Bonchev–Trinajstić information content (AvgIpc) is 3.21.